The molecule has 0 saturated carbocycles. The third-order valence-electron chi connectivity index (χ3n) is 4.21. The van der Waals surface area contributed by atoms with Crippen LogP contribution in [0.4, 0.5) is 5.69 Å². The van der Waals surface area contributed by atoms with Crippen molar-refractivity contribution < 1.29 is 4.79 Å². The highest BCUT2D eigenvalue weighted by molar-refractivity contribution is 5.96. The van der Waals surface area contributed by atoms with Crippen molar-refractivity contribution in [1.29, 1.82) is 0 Å². The van der Waals surface area contributed by atoms with Crippen LogP contribution in [0.1, 0.15) is 37.8 Å². The predicted molar refractivity (Wildman–Crippen MR) is 86.0 cm³/mol. The molecule has 3 N–H and O–H groups in total. The molecule has 2 bridgehead atoms. The van der Waals surface area contributed by atoms with E-state index in [-0.39, 0.29) is 17.9 Å². The molecule has 0 spiro atoms. The van der Waals surface area contributed by atoms with Crippen LogP contribution in [-0.4, -0.2) is 16.1 Å². The summed E-state index contributed by atoms with van der Waals surface area (Å²) < 4.78 is 0. The molecule has 2 heterocycles. The number of aromatic nitrogens is 2. The summed E-state index contributed by atoms with van der Waals surface area (Å²) in [6.45, 7) is 1.94. The lowest BCUT2D eigenvalue weighted by Gasteiger charge is -2.19. The number of fused-ring (bicyclic) bond motifs is 4. The molecule has 1 aliphatic rings. The standard InChI is InChI=1S/C17H20N4O/c1-11-4-2-7-15(18)13-6-3-5-12(8-13)14-9-19-20-10-16(14)21-17(11)22/h3,5-6,8-11,15H,2,4,7,18H2,1H3,(H,21,22). The molecule has 0 fully saturated rings. The highest BCUT2D eigenvalue weighted by atomic mass is 16.1. The number of nitrogens with two attached hydrogens (primary N) is 1. The molecule has 2 aromatic rings. The average Bonchev–Trinajstić information content (AvgIpc) is 2.54. The maximum atomic E-state index is 12.3. The summed E-state index contributed by atoms with van der Waals surface area (Å²) in [7, 11) is 0. The molecule has 114 valence electrons. The monoisotopic (exact) mass is 296 g/mol. The Morgan fingerprint density at radius 3 is 2.91 bits per heavy atom. The molecule has 1 aliphatic heterocycles. The van der Waals surface area contributed by atoms with Gasteiger partial charge in [0, 0.05) is 17.5 Å². The molecule has 0 radical (unpaired) electrons. The fraction of sp³-hybridized carbons (Fsp3) is 0.353. The van der Waals surface area contributed by atoms with Gasteiger partial charge >= 0.3 is 0 Å². The minimum absolute atomic E-state index is 0.00659. The van der Waals surface area contributed by atoms with Crippen molar-refractivity contribution >= 4 is 11.6 Å². The van der Waals surface area contributed by atoms with Crippen molar-refractivity contribution in [2.75, 3.05) is 5.32 Å². The Balaban J connectivity index is 2.09. The van der Waals surface area contributed by atoms with Crippen LogP contribution < -0.4 is 11.1 Å². The highest BCUT2D eigenvalue weighted by Crippen LogP contribution is 2.30. The number of nitrogens with one attached hydrogen (secondary N) is 1. The fourth-order valence-corrected chi connectivity index (χ4v) is 2.79. The largest absolute Gasteiger partial charge is 0.324 e. The molecule has 0 saturated heterocycles. The van der Waals surface area contributed by atoms with Gasteiger partial charge in [-0.3, -0.25) is 4.79 Å². The Morgan fingerprint density at radius 1 is 1.23 bits per heavy atom. The van der Waals surface area contributed by atoms with Crippen molar-refractivity contribution in [2.24, 2.45) is 11.7 Å². The first kappa shape index (κ1) is 14.7. The first-order valence-corrected chi connectivity index (χ1v) is 7.62. The lowest BCUT2D eigenvalue weighted by Crippen LogP contribution is -2.22. The summed E-state index contributed by atoms with van der Waals surface area (Å²) >= 11 is 0. The van der Waals surface area contributed by atoms with Gasteiger partial charge in [0.05, 0.1) is 18.1 Å². The number of benzene rings is 1. The molecule has 1 amide bonds. The van der Waals surface area contributed by atoms with Crippen LogP contribution in [0.15, 0.2) is 36.7 Å². The Kier molecular flexibility index (Phi) is 4.15. The summed E-state index contributed by atoms with van der Waals surface area (Å²) in [4.78, 5) is 12.3. The molecule has 2 atom stereocenters. The van der Waals surface area contributed by atoms with E-state index in [0.29, 0.717) is 5.69 Å². The quantitative estimate of drug-likeness (QED) is 0.783. The van der Waals surface area contributed by atoms with Crippen LogP contribution in [-0.2, 0) is 4.79 Å². The van der Waals surface area contributed by atoms with E-state index in [1.54, 1.807) is 12.4 Å². The molecule has 1 aromatic heterocycles. The Hall–Kier alpha value is -2.27. The molecule has 3 rings (SSSR count). The fourth-order valence-electron chi connectivity index (χ4n) is 2.79. The second kappa shape index (κ2) is 6.23. The van der Waals surface area contributed by atoms with Crippen molar-refractivity contribution in [3.63, 3.8) is 0 Å². The van der Waals surface area contributed by atoms with Crippen LogP contribution in [0, 0.1) is 5.92 Å². The number of carbonyl (C=O) groups is 1. The van der Waals surface area contributed by atoms with E-state index in [2.05, 4.69) is 27.6 Å². The van der Waals surface area contributed by atoms with Crippen molar-refractivity contribution in [1.82, 2.24) is 10.2 Å². The van der Waals surface area contributed by atoms with Gasteiger partial charge in [-0.15, -0.1) is 0 Å². The molecular weight excluding hydrogens is 276 g/mol. The molecular formula is C17H20N4O. The Bertz CT molecular complexity index is 686. The topological polar surface area (TPSA) is 80.9 Å². The van der Waals surface area contributed by atoms with E-state index < -0.39 is 0 Å². The predicted octanol–water partition coefficient (Wildman–Crippen LogP) is 2.90. The second-order valence-corrected chi connectivity index (χ2v) is 5.87. The summed E-state index contributed by atoms with van der Waals surface area (Å²) in [5.41, 5.74) is 9.95. The number of carbonyl (C=O) groups excluding carboxylic acids is 1. The van der Waals surface area contributed by atoms with Crippen LogP contribution in [0.2, 0.25) is 0 Å². The lowest BCUT2D eigenvalue weighted by atomic mass is 9.94. The third kappa shape index (κ3) is 2.99. The third-order valence-corrected chi connectivity index (χ3v) is 4.21. The first-order chi connectivity index (χ1) is 10.6. The number of anilines is 1. The normalized spacial score (nSPS) is 22.0. The number of hydrogen-bond donors (Lipinski definition) is 2. The molecule has 1 aromatic carbocycles. The molecule has 5 heteroatoms. The van der Waals surface area contributed by atoms with Gasteiger partial charge < -0.3 is 11.1 Å². The van der Waals surface area contributed by atoms with E-state index in [4.69, 9.17) is 5.73 Å². The van der Waals surface area contributed by atoms with Gasteiger partial charge in [0.25, 0.3) is 0 Å². The van der Waals surface area contributed by atoms with E-state index in [1.165, 1.54) is 0 Å². The summed E-state index contributed by atoms with van der Waals surface area (Å²) in [6.07, 6.45) is 5.91. The number of rotatable bonds is 0. The molecule has 5 nitrogen and oxygen atoms in total. The number of hydrogen-bond acceptors (Lipinski definition) is 4. The Morgan fingerprint density at radius 2 is 2.05 bits per heavy atom. The SMILES string of the molecule is CC1CCCC(N)c2cccc(c2)-c2cnncc2NC1=O. The van der Waals surface area contributed by atoms with E-state index >= 15 is 0 Å². The van der Waals surface area contributed by atoms with Crippen LogP contribution >= 0.6 is 0 Å². The van der Waals surface area contributed by atoms with E-state index in [9.17, 15) is 4.79 Å². The zero-order valence-corrected chi connectivity index (χ0v) is 12.6. The van der Waals surface area contributed by atoms with Crippen LogP contribution in [0.3, 0.4) is 0 Å². The molecule has 0 aliphatic carbocycles. The van der Waals surface area contributed by atoms with Crippen molar-refractivity contribution in [3.8, 4) is 11.1 Å². The second-order valence-electron chi connectivity index (χ2n) is 5.87. The van der Waals surface area contributed by atoms with Gasteiger partial charge in [0.15, 0.2) is 0 Å². The van der Waals surface area contributed by atoms with Crippen LogP contribution in [0.25, 0.3) is 11.1 Å². The number of nitrogens with zero attached hydrogens (tertiary/aromatic N) is 2. The summed E-state index contributed by atoms with van der Waals surface area (Å²) in [6, 6.07) is 8.11. The van der Waals surface area contributed by atoms with Gasteiger partial charge in [-0.1, -0.05) is 31.5 Å². The molecule has 22 heavy (non-hydrogen) atoms. The maximum Gasteiger partial charge on any atom is 0.227 e. The zero-order chi connectivity index (χ0) is 15.5. The average molecular weight is 296 g/mol. The van der Waals surface area contributed by atoms with Crippen molar-refractivity contribution in [3.05, 3.63) is 42.2 Å². The molecule has 2 unspecified atom stereocenters. The lowest BCUT2D eigenvalue weighted by molar-refractivity contribution is -0.119. The van der Waals surface area contributed by atoms with E-state index in [0.717, 1.165) is 36.0 Å². The Labute approximate surface area is 129 Å². The maximum absolute atomic E-state index is 12.3. The van der Waals surface area contributed by atoms with Gasteiger partial charge in [0.1, 0.15) is 0 Å². The highest BCUT2D eigenvalue weighted by Gasteiger charge is 2.18. The number of amides is 1. The minimum Gasteiger partial charge on any atom is -0.324 e. The minimum atomic E-state index is -0.0500. The van der Waals surface area contributed by atoms with Gasteiger partial charge in [-0.25, -0.2) is 0 Å². The smallest absolute Gasteiger partial charge is 0.227 e. The van der Waals surface area contributed by atoms with Gasteiger partial charge in [-0.05, 0) is 30.0 Å². The van der Waals surface area contributed by atoms with Gasteiger partial charge in [-0.2, -0.15) is 10.2 Å². The zero-order valence-electron chi connectivity index (χ0n) is 12.6. The van der Waals surface area contributed by atoms with Crippen molar-refractivity contribution in [2.45, 2.75) is 32.2 Å². The summed E-state index contributed by atoms with van der Waals surface area (Å²) in [5.74, 6) is -0.0365. The summed E-state index contributed by atoms with van der Waals surface area (Å²) in [5, 5.41) is 10.8. The van der Waals surface area contributed by atoms with Crippen LogP contribution in [0.5, 0.6) is 0 Å². The first-order valence-electron chi connectivity index (χ1n) is 7.62. The van der Waals surface area contributed by atoms with Gasteiger partial charge in [0.2, 0.25) is 5.91 Å². The van der Waals surface area contributed by atoms with E-state index in [1.807, 2.05) is 19.1 Å².